The maximum absolute atomic E-state index is 11.1. The summed E-state index contributed by atoms with van der Waals surface area (Å²) in [7, 11) is 1.97. The maximum atomic E-state index is 11.1. The first-order valence-electron chi connectivity index (χ1n) is 4.70. The summed E-state index contributed by atoms with van der Waals surface area (Å²) in [5.41, 5.74) is 5.21. The summed E-state index contributed by atoms with van der Waals surface area (Å²) in [6, 6.07) is -0.242. The van der Waals surface area contributed by atoms with Gasteiger partial charge >= 0.3 is 5.97 Å². The second-order valence-electron chi connectivity index (χ2n) is 3.93. The van der Waals surface area contributed by atoms with Crippen molar-refractivity contribution in [1.82, 2.24) is 4.90 Å². The number of hydrogen-bond donors (Lipinski definition) is 2. The van der Waals surface area contributed by atoms with Crippen LogP contribution in [0.4, 0.5) is 0 Å². The van der Waals surface area contributed by atoms with Gasteiger partial charge in [0.1, 0.15) is 0 Å². The molecule has 2 unspecified atom stereocenters. The average Bonchev–Trinajstić information content (AvgIpc) is 2.04. The van der Waals surface area contributed by atoms with Crippen molar-refractivity contribution in [3.05, 3.63) is 0 Å². The standard InChI is InChI=1S/C9H18N2O2/c1-3-9(8(12)13)4-5-11(2)6-7(9)10/h7H,3-6,10H2,1-2H3,(H,12,13). The normalized spacial score (nSPS) is 36.1. The molecule has 4 heteroatoms. The molecule has 0 aromatic carbocycles. The second-order valence-corrected chi connectivity index (χ2v) is 3.93. The predicted molar refractivity (Wildman–Crippen MR) is 50.4 cm³/mol. The molecule has 1 heterocycles. The zero-order valence-electron chi connectivity index (χ0n) is 8.29. The van der Waals surface area contributed by atoms with Crippen LogP contribution in [-0.2, 0) is 4.79 Å². The van der Waals surface area contributed by atoms with Crippen LogP contribution >= 0.6 is 0 Å². The molecule has 4 nitrogen and oxygen atoms in total. The third-order valence-electron chi connectivity index (χ3n) is 3.21. The van der Waals surface area contributed by atoms with Crippen molar-refractivity contribution in [2.75, 3.05) is 20.1 Å². The SMILES string of the molecule is CCC1(C(=O)O)CCN(C)CC1N. The average molecular weight is 186 g/mol. The molecule has 1 aliphatic rings. The molecule has 1 fully saturated rings. The monoisotopic (exact) mass is 186 g/mol. The molecule has 0 spiro atoms. The van der Waals surface area contributed by atoms with Gasteiger partial charge in [-0.2, -0.15) is 0 Å². The number of carbonyl (C=O) groups is 1. The van der Waals surface area contributed by atoms with Crippen molar-refractivity contribution in [3.63, 3.8) is 0 Å². The van der Waals surface area contributed by atoms with Crippen LogP contribution in [0.2, 0.25) is 0 Å². The van der Waals surface area contributed by atoms with Crippen LogP contribution in [0.3, 0.4) is 0 Å². The molecule has 0 aromatic heterocycles. The topological polar surface area (TPSA) is 66.6 Å². The highest BCUT2D eigenvalue weighted by Gasteiger charge is 2.45. The first-order chi connectivity index (χ1) is 6.03. The lowest BCUT2D eigenvalue weighted by molar-refractivity contribution is -0.153. The quantitative estimate of drug-likeness (QED) is 0.643. The van der Waals surface area contributed by atoms with Gasteiger partial charge in [0.2, 0.25) is 0 Å². The van der Waals surface area contributed by atoms with Crippen LogP contribution in [-0.4, -0.2) is 42.2 Å². The molecule has 0 aliphatic carbocycles. The van der Waals surface area contributed by atoms with E-state index in [4.69, 9.17) is 10.8 Å². The highest BCUT2D eigenvalue weighted by Crippen LogP contribution is 2.33. The van der Waals surface area contributed by atoms with Crippen molar-refractivity contribution in [1.29, 1.82) is 0 Å². The van der Waals surface area contributed by atoms with Crippen LogP contribution < -0.4 is 5.73 Å². The van der Waals surface area contributed by atoms with Gasteiger partial charge in [-0.15, -0.1) is 0 Å². The van der Waals surface area contributed by atoms with Crippen LogP contribution in [0.25, 0.3) is 0 Å². The van der Waals surface area contributed by atoms with E-state index in [0.717, 1.165) is 6.54 Å². The van der Waals surface area contributed by atoms with Crippen LogP contribution in [0.15, 0.2) is 0 Å². The van der Waals surface area contributed by atoms with E-state index in [2.05, 4.69) is 4.90 Å². The van der Waals surface area contributed by atoms with Crippen molar-refractivity contribution < 1.29 is 9.90 Å². The Morgan fingerprint density at radius 1 is 1.77 bits per heavy atom. The summed E-state index contributed by atoms with van der Waals surface area (Å²) in [6.45, 7) is 3.41. The Hall–Kier alpha value is -0.610. The molecule has 0 radical (unpaired) electrons. The van der Waals surface area contributed by atoms with Crippen LogP contribution in [0.1, 0.15) is 19.8 Å². The molecule has 1 rings (SSSR count). The van der Waals surface area contributed by atoms with Gasteiger partial charge in [0.05, 0.1) is 5.41 Å². The fourth-order valence-electron chi connectivity index (χ4n) is 2.03. The summed E-state index contributed by atoms with van der Waals surface area (Å²) >= 11 is 0. The van der Waals surface area contributed by atoms with Gasteiger partial charge in [0.25, 0.3) is 0 Å². The molecular weight excluding hydrogens is 168 g/mol. The zero-order chi connectivity index (χ0) is 10.1. The zero-order valence-corrected chi connectivity index (χ0v) is 8.29. The smallest absolute Gasteiger partial charge is 0.311 e. The number of nitrogens with two attached hydrogens (primary N) is 1. The Morgan fingerprint density at radius 2 is 2.38 bits per heavy atom. The Bertz CT molecular complexity index is 208. The largest absolute Gasteiger partial charge is 0.481 e. The number of piperidine rings is 1. The Kier molecular flexibility index (Phi) is 2.93. The minimum atomic E-state index is -0.740. The van der Waals surface area contributed by atoms with E-state index in [9.17, 15) is 4.79 Å². The molecular formula is C9H18N2O2. The number of carboxylic acids is 1. The van der Waals surface area contributed by atoms with E-state index < -0.39 is 11.4 Å². The Balaban J connectivity index is 2.81. The fraction of sp³-hybridized carbons (Fsp3) is 0.889. The highest BCUT2D eigenvalue weighted by molar-refractivity contribution is 5.75. The number of aliphatic carboxylic acids is 1. The van der Waals surface area contributed by atoms with Gasteiger partial charge in [0.15, 0.2) is 0 Å². The van der Waals surface area contributed by atoms with Crippen LogP contribution in [0.5, 0.6) is 0 Å². The maximum Gasteiger partial charge on any atom is 0.311 e. The van der Waals surface area contributed by atoms with Gasteiger partial charge in [-0.25, -0.2) is 0 Å². The fourth-order valence-corrected chi connectivity index (χ4v) is 2.03. The molecule has 1 aliphatic heterocycles. The lowest BCUT2D eigenvalue weighted by Crippen LogP contribution is -2.57. The first kappa shape index (κ1) is 10.5. The van der Waals surface area contributed by atoms with E-state index in [1.165, 1.54) is 0 Å². The van der Waals surface area contributed by atoms with Crippen molar-refractivity contribution >= 4 is 5.97 Å². The summed E-state index contributed by atoms with van der Waals surface area (Å²) in [5.74, 6) is -0.740. The summed E-state index contributed by atoms with van der Waals surface area (Å²) in [4.78, 5) is 13.2. The lowest BCUT2D eigenvalue weighted by atomic mass is 9.73. The van der Waals surface area contributed by atoms with Gasteiger partial charge in [-0.05, 0) is 26.4 Å². The number of nitrogens with zero attached hydrogens (tertiary/aromatic N) is 1. The minimum absolute atomic E-state index is 0.242. The molecule has 0 saturated carbocycles. The summed E-state index contributed by atoms with van der Waals surface area (Å²) in [5, 5.41) is 9.15. The third-order valence-corrected chi connectivity index (χ3v) is 3.21. The number of likely N-dealkylation sites (N-methyl/N-ethyl adjacent to an activating group) is 1. The number of likely N-dealkylation sites (tertiary alicyclic amines) is 1. The van der Waals surface area contributed by atoms with Gasteiger partial charge in [0, 0.05) is 12.6 Å². The van der Waals surface area contributed by atoms with E-state index in [-0.39, 0.29) is 6.04 Å². The molecule has 2 atom stereocenters. The first-order valence-corrected chi connectivity index (χ1v) is 4.70. The molecule has 76 valence electrons. The number of hydrogen-bond acceptors (Lipinski definition) is 3. The lowest BCUT2D eigenvalue weighted by Gasteiger charge is -2.41. The molecule has 1 saturated heterocycles. The molecule has 0 amide bonds. The molecule has 13 heavy (non-hydrogen) atoms. The highest BCUT2D eigenvalue weighted by atomic mass is 16.4. The summed E-state index contributed by atoms with van der Waals surface area (Å²) < 4.78 is 0. The minimum Gasteiger partial charge on any atom is -0.481 e. The predicted octanol–water partition coefficient (Wildman–Crippen LogP) is 0.130. The van der Waals surface area contributed by atoms with Crippen molar-refractivity contribution in [2.24, 2.45) is 11.1 Å². The van der Waals surface area contributed by atoms with Gasteiger partial charge in [-0.3, -0.25) is 4.79 Å². The number of rotatable bonds is 2. The second kappa shape index (κ2) is 3.64. The Morgan fingerprint density at radius 3 is 2.77 bits per heavy atom. The van der Waals surface area contributed by atoms with Crippen molar-refractivity contribution in [3.8, 4) is 0 Å². The molecule has 0 aromatic rings. The number of carboxylic acid groups (broad SMARTS) is 1. The van der Waals surface area contributed by atoms with E-state index >= 15 is 0 Å². The third kappa shape index (κ3) is 1.69. The molecule has 0 bridgehead atoms. The summed E-state index contributed by atoms with van der Waals surface area (Å²) in [6.07, 6.45) is 1.29. The van der Waals surface area contributed by atoms with E-state index in [0.29, 0.717) is 19.4 Å². The van der Waals surface area contributed by atoms with Crippen LogP contribution in [0, 0.1) is 5.41 Å². The van der Waals surface area contributed by atoms with E-state index in [1.54, 1.807) is 0 Å². The Labute approximate surface area is 78.7 Å². The van der Waals surface area contributed by atoms with Gasteiger partial charge < -0.3 is 15.7 Å². The van der Waals surface area contributed by atoms with Crippen molar-refractivity contribution in [2.45, 2.75) is 25.8 Å². The van der Waals surface area contributed by atoms with E-state index in [1.807, 2.05) is 14.0 Å². The molecule has 3 N–H and O–H groups in total. The van der Waals surface area contributed by atoms with Gasteiger partial charge in [-0.1, -0.05) is 6.92 Å².